The van der Waals surface area contributed by atoms with E-state index in [1.807, 2.05) is 6.92 Å². The van der Waals surface area contributed by atoms with Gasteiger partial charge in [0, 0.05) is 7.05 Å². The van der Waals surface area contributed by atoms with E-state index in [9.17, 15) is 4.79 Å². The molecule has 18 heavy (non-hydrogen) atoms. The number of fused-ring (bicyclic) bond motifs is 1. The SMILES string of the molecule is CC(CO)N(C)c1nc2ccc(C(=O)O)cc2o1. The van der Waals surface area contributed by atoms with Crippen LogP contribution in [0.4, 0.5) is 6.01 Å². The molecule has 0 amide bonds. The Morgan fingerprint density at radius 1 is 1.56 bits per heavy atom. The number of hydrogen-bond acceptors (Lipinski definition) is 5. The van der Waals surface area contributed by atoms with E-state index in [0.29, 0.717) is 17.1 Å². The molecule has 0 fully saturated rings. The molecule has 0 aliphatic rings. The summed E-state index contributed by atoms with van der Waals surface area (Å²) in [6.45, 7) is 1.81. The average Bonchev–Trinajstić information content (AvgIpc) is 2.79. The van der Waals surface area contributed by atoms with Crippen LogP contribution in [0.1, 0.15) is 17.3 Å². The summed E-state index contributed by atoms with van der Waals surface area (Å²) in [5.41, 5.74) is 1.16. The van der Waals surface area contributed by atoms with E-state index >= 15 is 0 Å². The Morgan fingerprint density at radius 3 is 2.89 bits per heavy atom. The number of benzene rings is 1. The predicted molar refractivity (Wildman–Crippen MR) is 65.9 cm³/mol. The summed E-state index contributed by atoms with van der Waals surface area (Å²) < 4.78 is 5.48. The predicted octanol–water partition coefficient (Wildman–Crippen LogP) is 1.34. The molecule has 0 aliphatic heterocycles. The van der Waals surface area contributed by atoms with Crippen LogP contribution in [-0.4, -0.2) is 40.9 Å². The Morgan fingerprint density at radius 2 is 2.28 bits per heavy atom. The molecule has 1 atom stereocenters. The molecule has 1 aromatic carbocycles. The topological polar surface area (TPSA) is 86.8 Å². The minimum atomic E-state index is -1.01. The van der Waals surface area contributed by atoms with Gasteiger partial charge in [0.15, 0.2) is 5.58 Å². The Bertz CT molecular complexity index is 578. The third-order valence-electron chi connectivity index (χ3n) is 2.85. The van der Waals surface area contributed by atoms with Crippen LogP contribution < -0.4 is 4.90 Å². The number of likely N-dealkylation sites (N-methyl/N-ethyl adjacent to an activating group) is 1. The molecule has 0 spiro atoms. The largest absolute Gasteiger partial charge is 0.478 e. The monoisotopic (exact) mass is 250 g/mol. The normalized spacial score (nSPS) is 12.6. The molecule has 6 nitrogen and oxygen atoms in total. The van der Waals surface area contributed by atoms with Crippen LogP contribution in [0.3, 0.4) is 0 Å². The molecule has 0 saturated heterocycles. The molecule has 1 aromatic heterocycles. The fourth-order valence-corrected chi connectivity index (χ4v) is 1.51. The van der Waals surface area contributed by atoms with E-state index in [2.05, 4.69) is 4.98 Å². The van der Waals surface area contributed by atoms with E-state index in [4.69, 9.17) is 14.6 Å². The number of aliphatic hydroxyl groups is 1. The van der Waals surface area contributed by atoms with Crippen molar-refractivity contribution in [3.8, 4) is 0 Å². The van der Waals surface area contributed by atoms with Crippen molar-refractivity contribution >= 4 is 23.1 Å². The summed E-state index contributed by atoms with van der Waals surface area (Å²) in [5.74, 6) is -1.01. The lowest BCUT2D eigenvalue weighted by molar-refractivity contribution is 0.0697. The number of carboxylic acid groups (broad SMARTS) is 1. The van der Waals surface area contributed by atoms with Crippen LogP contribution in [-0.2, 0) is 0 Å². The molecule has 2 N–H and O–H groups in total. The van der Waals surface area contributed by atoms with Crippen LogP contribution in [0.25, 0.3) is 11.1 Å². The smallest absolute Gasteiger partial charge is 0.335 e. The Balaban J connectivity index is 2.41. The molecular weight excluding hydrogens is 236 g/mol. The Labute approximate surface area is 103 Å². The summed E-state index contributed by atoms with van der Waals surface area (Å²) >= 11 is 0. The van der Waals surface area contributed by atoms with Gasteiger partial charge in [-0.25, -0.2) is 4.79 Å². The minimum absolute atomic E-state index is 0.0183. The highest BCUT2D eigenvalue weighted by molar-refractivity contribution is 5.92. The highest BCUT2D eigenvalue weighted by atomic mass is 16.4. The second kappa shape index (κ2) is 4.66. The van der Waals surface area contributed by atoms with Crippen LogP contribution in [0, 0.1) is 0 Å². The number of rotatable bonds is 4. The number of carboxylic acids is 1. The lowest BCUT2D eigenvalue weighted by Gasteiger charge is -2.20. The van der Waals surface area contributed by atoms with Gasteiger partial charge in [-0.2, -0.15) is 4.98 Å². The van der Waals surface area contributed by atoms with Crippen LogP contribution in [0.2, 0.25) is 0 Å². The zero-order valence-corrected chi connectivity index (χ0v) is 10.1. The Hall–Kier alpha value is -2.08. The van der Waals surface area contributed by atoms with Gasteiger partial charge in [-0.15, -0.1) is 0 Å². The number of anilines is 1. The maximum absolute atomic E-state index is 10.8. The third-order valence-corrected chi connectivity index (χ3v) is 2.85. The minimum Gasteiger partial charge on any atom is -0.478 e. The zero-order chi connectivity index (χ0) is 13.3. The maximum atomic E-state index is 10.8. The summed E-state index contributed by atoms with van der Waals surface area (Å²) in [6, 6.07) is 4.74. The number of aliphatic hydroxyl groups excluding tert-OH is 1. The van der Waals surface area contributed by atoms with E-state index in [1.54, 1.807) is 18.0 Å². The van der Waals surface area contributed by atoms with E-state index in [1.165, 1.54) is 12.1 Å². The average molecular weight is 250 g/mol. The second-order valence-corrected chi connectivity index (χ2v) is 4.13. The zero-order valence-electron chi connectivity index (χ0n) is 10.1. The number of aromatic carboxylic acids is 1. The van der Waals surface area contributed by atoms with Crippen LogP contribution in [0.15, 0.2) is 22.6 Å². The Kier molecular flexibility index (Phi) is 3.20. The van der Waals surface area contributed by atoms with Gasteiger partial charge in [-0.1, -0.05) is 0 Å². The lowest BCUT2D eigenvalue weighted by Crippen LogP contribution is -2.31. The van der Waals surface area contributed by atoms with Gasteiger partial charge in [-0.3, -0.25) is 0 Å². The summed E-state index contributed by atoms with van der Waals surface area (Å²) in [5, 5.41) is 18.0. The number of hydrogen-bond donors (Lipinski definition) is 2. The molecule has 96 valence electrons. The number of nitrogens with zero attached hydrogens (tertiary/aromatic N) is 2. The van der Waals surface area contributed by atoms with Gasteiger partial charge in [0.2, 0.25) is 0 Å². The fourth-order valence-electron chi connectivity index (χ4n) is 1.51. The molecule has 2 aromatic rings. The summed E-state index contributed by atoms with van der Waals surface area (Å²) in [6.07, 6.45) is 0. The number of carbonyl (C=O) groups is 1. The first-order chi connectivity index (χ1) is 8.52. The van der Waals surface area contributed by atoms with Gasteiger partial charge < -0.3 is 19.5 Å². The van der Waals surface area contributed by atoms with Crippen molar-refractivity contribution in [3.05, 3.63) is 23.8 Å². The molecule has 1 unspecified atom stereocenters. The summed E-state index contributed by atoms with van der Waals surface area (Å²) in [4.78, 5) is 16.8. The highest BCUT2D eigenvalue weighted by Gasteiger charge is 2.16. The molecule has 0 radical (unpaired) electrons. The van der Waals surface area contributed by atoms with Crippen molar-refractivity contribution in [2.45, 2.75) is 13.0 Å². The molecule has 0 aliphatic carbocycles. The van der Waals surface area contributed by atoms with Gasteiger partial charge in [0.05, 0.1) is 18.2 Å². The highest BCUT2D eigenvalue weighted by Crippen LogP contribution is 2.23. The number of aromatic nitrogens is 1. The first-order valence-electron chi connectivity index (χ1n) is 5.50. The van der Waals surface area contributed by atoms with Crippen molar-refractivity contribution in [2.24, 2.45) is 0 Å². The second-order valence-electron chi connectivity index (χ2n) is 4.13. The van der Waals surface area contributed by atoms with E-state index in [0.717, 1.165) is 0 Å². The van der Waals surface area contributed by atoms with Crippen LogP contribution in [0.5, 0.6) is 0 Å². The first kappa shape index (κ1) is 12.4. The summed E-state index contributed by atoms with van der Waals surface area (Å²) in [7, 11) is 1.75. The molecular formula is C12H14N2O4. The quantitative estimate of drug-likeness (QED) is 0.851. The van der Waals surface area contributed by atoms with Crippen molar-refractivity contribution in [1.82, 2.24) is 4.98 Å². The van der Waals surface area contributed by atoms with E-state index in [-0.39, 0.29) is 18.2 Å². The van der Waals surface area contributed by atoms with Gasteiger partial charge >= 0.3 is 5.97 Å². The van der Waals surface area contributed by atoms with Gasteiger partial charge in [0.25, 0.3) is 6.01 Å². The third kappa shape index (κ3) is 2.14. The molecule has 0 bridgehead atoms. The van der Waals surface area contributed by atoms with Gasteiger partial charge in [0.1, 0.15) is 5.52 Å². The van der Waals surface area contributed by atoms with Crippen molar-refractivity contribution < 1.29 is 19.4 Å². The first-order valence-corrected chi connectivity index (χ1v) is 5.50. The lowest BCUT2D eigenvalue weighted by atomic mass is 10.2. The van der Waals surface area contributed by atoms with E-state index < -0.39 is 5.97 Å². The molecule has 2 rings (SSSR count). The van der Waals surface area contributed by atoms with Crippen molar-refractivity contribution in [2.75, 3.05) is 18.6 Å². The van der Waals surface area contributed by atoms with Crippen molar-refractivity contribution in [1.29, 1.82) is 0 Å². The fraction of sp³-hybridized carbons (Fsp3) is 0.333. The standard InChI is InChI=1S/C12H14N2O4/c1-7(6-15)14(2)12-13-9-4-3-8(11(16)17)5-10(9)18-12/h3-5,7,15H,6H2,1-2H3,(H,16,17). The molecule has 0 saturated carbocycles. The molecule has 1 heterocycles. The maximum Gasteiger partial charge on any atom is 0.335 e. The van der Waals surface area contributed by atoms with Crippen molar-refractivity contribution in [3.63, 3.8) is 0 Å². The molecule has 6 heteroatoms. The van der Waals surface area contributed by atoms with Gasteiger partial charge in [-0.05, 0) is 25.1 Å². The number of oxazole rings is 1. The van der Waals surface area contributed by atoms with Crippen LogP contribution >= 0.6 is 0 Å².